The van der Waals surface area contributed by atoms with Gasteiger partial charge in [-0.3, -0.25) is 0 Å². The van der Waals surface area contributed by atoms with Crippen molar-refractivity contribution in [3.63, 3.8) is 0 Å². The zero-order valence-electron chi connectivity index (χ0n) is 10.0. The molecule has 1 unspecified atom stereocenters. The van der Waals surface area contributed by atoms with Crippen LogP contribution in [0.15, 0.2) is 24.3 Å². The smallest absolute Gasteiger partial charge is 0.347 e. The van der Waals surface area contributed by atoms with Crippen molar-refractivity contribution in [3.8, 4) is 11.5 Å². The molecule has 4 nitrogen and oxygen atoms in total. The lowest BCUT2D eigenvalue weighted by Crippen LogP contribution is -2.30. The first-order valence-corrected chi connectivity index (χ1v) is 5.63. The second kappa shape index (κ2) is 5.08. The van der Waals surface area contributed by atoms with Gasteiger partial charge in [-0.1, -0.05) is 12.1 Å². The summed E-state index contributed by atoms with van der Waals surface area (Å²) in [5.41, 5.74) is 0. The Hall–Kier alpha value is -1.71. The van der Waals surface area contributed by atoms with Crippen LogP contribution >= 0.6 is 0 Å². The molecular weight excluding hydrogens is 220 g/mol. The minimum atomic E-state index is -0.517. The number of hydrogen-bond donors (Lipinski definition) is 0. The molecule has 4 heteroatoms. The van der Waals surface area contributed by atoms with Crippen LogP contribution in [0, 0.1) is 5.92 Å². The maximum absolute atomic E-state index is 11.6. The monoisotopic (exact) mass is 236 g/mol. The maximum Gasteiger partial charge on any atom is 0.347 e. The maximum atomic E-state index is 11.6. The minimum absolute atomic E-state index is 0.271. The molecule has 0 heterocycles. The van der Waals surface area contributed by atoms with Gasteiger partial charge in [0, 0.05) is 5.92 Å². The van der Waals surface area contributed by atoms with Gasteiger partial charge in [-0.2, -0.15) is 0 Å². The molecule has 0 bridgehead atoms. The van der Waals surface area contributed by atoms with Crippen LogP contribution in [-0.2, 0) is 9.53 Å². The van der Waals surface area contributed by atoms with E-state index in [0.29, 0.717) is 11.5 Å². The summed E-state index contributed by atoms with van der Waals surface area (Å²) < 4.78 is 15.7. The second-order valence-corrected chi connectivity index (χ2v) is 4.05. The van der Waals surface area contributed by atoms with Gasteiger partial charge < -0.3 is 14.2 Å². The highest BCUT2D eigenvalue weighted by Crippen LogP contribution is 2.37. The lowest BCUT2D eigenvalue weighted by atomic mass is 10.2. The largest absolute Gasteiger partial charge is 0.493 e. The molecular formula is C13H16O4. The first kappa shape index (κ1) is 11.8. The molecule has 2 rings (SSSR count). The number of carbonyl (C=O) groups excluding carboxylic acids is 1. The summed E-state index contributed by atoms with van der Waals surface area (Å²) in [6.07, 6.45) is 1.50. The van der Waals surface area contributed by atoms with Crippen LogP contribution in [0.4, 0.5) is 0 Å². The third-order valence-corrected chi connectivity index (χ3v) is 2.81. The fraction of sp³-hybridized carbons (Fsp3) is 0.462. The van der Waals surface area contributed by atoms with Gasteiger partial charge in [-0.05, 0) is 25.0 Å². The molecule has 1 saturated carbocycles. The van der Waals surface area contributed by atoms with Crippen molar-refractivity contribution in [2.24, 2.45) is 5.92 Å². The van der Waals surface area contributed by atoms with Crippen LogP contribution in [0.25, 0.3) is 0 Å². The molecule has 0 radical (unpaired) electrons. The van der Waals surface area contributed by atoms with Crippen molar-refractivity contribution in [2.75, 3.05) is 14.2 Å². The molecule has 1 aromatic carbocycles. The van der Waals surface area contributed by atoms with Crippen molar-refractivity contribution in [1.82, 2.24) is 0 Å². The normalized spacial score (nSPS) is 16.1. The molecule has 1 aliphatic carbocycles. The molecule has 0 aromatic heterocycles. The lowest BCUT2D eigenvalue weighted by Gasteiger charge is -2.17. The highest BCUT2D eigenvalue weighted by atomic mass is 16.6. The Morgan fingerprint density at radius 1 is 1.24 bits per heavy atom. The van der Waals surface area contributed by atoms with Crippen molar-refractivity contribution in [2.45, 2.75) is 18.9 Å². The van der Waals surface area contributed by atoms with Crippen LogP contribution in [0.3, 0.4) is 0 Å². The van der Waals surface area contributed by atoms with E-state index in [1.807, 2.05) is 12.1 Å². The van der Waals surface area contributed by atoms with E-state index in [9.17, 15) is 4.79 Å². The summed E-state index contributed by atoms with van der Waals surface area (Å²) in [6, 6.07) is 7.29. The predicted molar refractivity (Wildman–Crippen MR) is 62.2 cm³/mol. The Bertz CT molecular complexity index is 398. The van der Waals surface area contributed by atoms with Crippen LogP contribution in [0.2, 0.25) is 0 Å². The van der Waals surface area contributed by atoms with Crippen molar-refractivity contribution >= 4 is 5.97 Å². The molecule has 17 heavy (non-hydrogen) atoms. The van der Waals surface area contributed by atoms with Crippen LogP contribution in [0.5, 0.6) is 11.5 Å². The van der Waals surface area contributed by atoms with E-state index in [4.69, 9.17) is 14.2 Å². The third kappa shape index (κ3) is 2.70. The van der Waals surface area contributed by atoms with E-state index in [1.165, 1.54) is 7.11 Å². The van der Waals surface area contributed by atoms with E-state index >= 15 is 0 Å². The molecule has 1 aliphatic rings. The molecule has 0 amide bonds. The van der Waals surface area contributed by atoms with Gasteiger partial charge in [0.1, 0.15) is 0 Å². The number of benzene rings is 1. The van der Waals surface area contributed by atoms with Crippen LogP contribution < -0.4 is 9.47 Å². The zero-order valence-corrected chi connectivity index (χ0v) is 10.0. The number of carbonyl (C=O) groups is 1. The summed E-state index contributed by atoms with van der Waals surface area (Å²) in [5, 5.41) is 0. The fourth-order valence-corrected chi connectivity index (χ4v) is 1.70. The average molecular weight is 236 g/mol. The molecule has 1 aromatic rings. The van der Waals surface area contributed by atoms with Gasteiger partial charge in [0.25, 0.3) is 0 Å². The summed E-state index contributed by atoms with van der Waals surface area (Å²) in [4.78, 5) is 11.6. The first-order valence-electron chi connectivity index (χ1n) is 5.63. The number of hydrogen-bond acceptors (Lipinski definition) is 4. The Kier molecular flexibility index (Phi) is 3.52. The van der Waals surface area contributed by atoms with E-state index in [1.54, 1.807) is 19.2 Å². The fourth-order valence-electron chi connectivity index (χ4n) is 1.70. The molecule has 0 N–H and O–H groups in total. The number of rotatable bonds is 5. The van der Waals surface area contributed by atoms with E-state index in [2.05, 4.69) is 0 Å². The minimum Gasteiger partial charge on any atom is -0.493 e. The van der Waals surface area contributed by atoms with Crippen LogP contribution in [0.1, 0.15) is 12.8 Å². The van der Waals surface area contributed by atoms with Crippen molar-refractivity contribution in [3.05, 3.63) is 24.3 Å². The molecule has 0 spiro atoms. The van der Waals surface area contributed by atoms with Crippen molar-refractivity contribution in [1.29, 1.82) is 0 Å². The zero-order chi connectivity index (χ0) is 12.3. The molecule has 0 saturated heterocycles. The Balaban J connectivity index is 2.14. The van der Waals surface area contributed by atoms with E-state index in [-0.39, 0.29) is 11.9 Å². The molecule has 1 atom stereocenters. The number of ether oxygens (including phenoxy) is 3. The quantitative estimate of drug-likeness (QED) is 0.734. The Morgan fingerprint density at radius 2 is 1.88 bits per heavy atom. The van der Waals surface area contributed by atoms with Gasteiger partial charge in [-0.15, -0.1) is 0 Å². The van der Waals surface area contributed by atoms with Crippen molar-refractivity contribution < 1.29 is 19.0 Å². The highest BCUT2D eigenvalue weighted by molar-refractivity contribution is 5.76. The molecule has 1 fully saturated rings. The summed E-state index contributed by atoms with van der Waals surface area (Å²) in [6.45, 7) is 0. The van der Waals surface area contributed by atoms with E-state index < -0.39 is 6.10 Å². The lowest BCUT2D eigenvalue weighted by molar-refractivity contribution is -0.149. The Morgan fingerprint density at radius 3 is 2.41 bits per heavy atom. The predicted octanol–water partition coefficient (Wildman–Crippen LogP) is 2.03. The number of para-hydroxylation sites is 2. The topological polar surface area (TPSA) is 44.8 Å². The Labute approximate surface area is 100 Å². The van der Waals surface area contributed by atoms with Gasteiger partial charge >= 0.3 is 5.97 Å². The van der Waals surface area contributed by atoms with Gasteiger partial charge in [0.15, 0.2) is 17.6 Å². The van der Waals surface area contributed by atoms with Gasteiger partial charge in [-0.25, -0.2) is 4.79 Å². The SMILES string of the molecule is COC(=O)C(Oc1ccccc1OC)C1CC1. The molecule has 0 aliphatic heterocycles. The molecule has 92 valence electrons. The van der Waals surface area contributed by atoms with E-state index in [0.717, 1.165) is 12.8 Å². The average Bonchev–Trinajstić information content (AvgIpc) is 3.19. The third-order valence-electron chi connectivity index (χ3n) is 2.81. The van der Waals surface area contributed by atoms with Gasteiger partial charge in [0.2, 0.25) is 0 Å². The number of esters is 1. The number of methoxy groups -OCH3 is 2. The summed E-state index contributed by atoms with van der Waals surface area (Å²) in [7, 11) is 2.95. The van der Waals surface area contributed by atoms with Crippen LogP contribution in [-0.4, -0.2) is 26.3 Å². The summed E-state index contributed by atoms with van der Waals surface area (Å²) in [5.74, 6) is 1.16. The standard InChI is InChI=1S/C13H16O4/c1-15-10-5-3-4-6-11(10)17-12(9-7-8-9)13(14)16-2/h3-6,9,12H,7-8H2,1-2H3. The highest BCUT2D eigenvalue weighted by Gasteiger charge is 2.39. The summed E-state index contributed by atoms with van der Waals surface area (Å²) >= 11 is 0. The second-order valence-electron chi connectivity index (χ2n) is 4.05. The van der Waals surface area contributed by atoms with Gasteiger partial charge in [0.05, 0.1) is 14.2 Å². The first-order chi connectivity index (χ1) is 8.26.